The van der Waals surface area contributed by atoms with Gasteiger partial charge in [0.1, 0.15) is 11.6 Å². The quantitative estimate of drug-likeness (QED) is 0.634. The van der Waals surface area contributed by atoms with Gasteiger partial charge >= 0.3 is 12.1 Å². The van der Waals surface area contributed by atoms with Gasteiger partial charge in [-0.25, -0.2) is 9.59 Å². The molecule has 1 aromatic rings. The Labute approximate surface area is 133 Å². The molecule has 2 N–H and O–H groups in total. The minimum atomic E-state index is -1.25. The predicted octanol–water partition coefficient (Wildman–Crippen LogP) is 2.42. The van der Waals surface area contributed by atoms with Gasteiger partial charge in [0.2, 0.25) is 0 Å². The van der Waals surface area contributed by atoms with Crippen LogP contribution in [0.15, 0.2) is 18.2 Å². The molecule has 0 spiro atoms. The van der Waals surface area contributed by atoms with Crippen LogP contribution in [-0.4, -0.2) is 33.7 Å². The average Bonchev–Trinajstić information content (AvgIpc) is 2.37. The lowest BCUT2D eigenvalue weighted by Gasteiger charge is -2.22. The van der Waals surface area contributed by atoms with E-state index in [-0.39, 0.29) is 12.1 Å². The number of alkyl carbamates (subject to hydrolysis) is 1. The van der Waals surface area contributed by atoms with Crippen molar-refractivity contribution in [1.29, 1.82) is 0 Å². The Morgan fingerprint density at radius 3 is 2.48 bits per heavy atom. The molecular formula is C15H20N2O6. The Hall–Kier alpha value is -2.64. The largest absolute Gasteiger partial charge is 0.480 e. The van der Waals surface area contributed by atoms with Crippen LogP contribution in [0.5, 0.6) is 0 Å². The van der Waals surface area contributed by atoms with Crippen LogP contribution in [0.4, 0.5) is 10.5 Å². The summed E-state index contributed by atoms with van der Waals surface area (Å²) in [6, 6.07) is 2.95. The molecule has 0 aliphatic carbocycles. The summed E-state index contributed by atoms with van der Waals surface area (Å²) in [6.07, 6.45) is -0.935. The smallest absolute Gasteiger partial charge is 0.408 e. The third kappa shape index (κ3) is 5.93. The molecule has 0 fully saturated rings. The molecule has 0 aliphatic heterocycles. The van der Waals surface area contributed by atoms with Gasteiger partial charge in [0.25, 0.3) is 5.69 Å². The highest BCUT2D eigenvalue weighted by Gasteiger charge is 2.25. The number of carbonyl (C=O) groups excluding carboxylic acids is 1. The minimum Gasteiger partial charge on any atom is -0.480 e. The number of hydrogen-bond donors (Lipinski definition) is 2. The number of carbonyl (C=O) groups is 2. The number of aryl methyl sites for hydroxylation is 1. The van der Waals surface area contributed by atoms with Crippen molar-refractivity contribution in [1.82, 2.24) is 5.32 Å². The van der Waals surface area contributed by atoms with Crippen molar-refractivity contribution in [2.24, 2.45) is 0 Å². The lowest BCUT2D eigenvalue weighted by Crippen LogP contribution is -2.44. The second-order valence-electron chi connectivity index (χ2n) is 6.11. The molecule has 0 saturated carbocycles. The highest BCUT2D eigenvalue weighted by Crippen LogP contribution is 2.19. The van der Waals surface area contributed by atoms with Gasteiger partial charge in [0.15, 0.2) is 0 Å². The van der Waals surface area contributed by atoms with Crippen molar-refractivity contribution in [2.75, 3.05) is 0 Å². The van der Waals surface area contributed by atoms with E-state index in [1.807, 2.05) is 0 Å². The van der Waals surface area contributed by atoms with Gasteiger partial charge < -0.3 is 15.2 Å². The lowest BCUT2D eigenvalue weighted by molar-refractivity contribution is -0.384. The normalized spacial score (nSPS) is 12.3. The number of rotatable bonds is 5. The lowest BCUT2D eigenvalue weighted by atomic mass is 10.0. The third-order valence-corrected chi connectivity index (χ3v) is 2.96. The molecule has 1 amide bonds. The Morgan fingerprint density at radius 2 is 2.00 bits per heavy atom. The van der Waals surface area contributed by atoms with E-state index < -0.39 is 28.6 Å². The van der Waals surface area contributed by atoms with Crippen LogP contribution in [0.1, 0.15) is 31.9 Å². The van der Waals surface area contributed by atoms with Gasteiger partial charge in [-0.2, -0.15) is 0 Å². The number of ether oxygens (including phenoxy) is 1. The molecular weight excluding hydrogens is 304 g/mol. The van der Waals surface area contributed by atoms with Crippen molar-refractivity contribution in [3.63, 3.8) is 0 Å². The monoisotopic (exact) mass is 324 g/mol. The van der Waals surface area contributed by atoms with Crippen LogP contribution in [0, 0.1) is 17.0 Å². The zero-order chi connectivity index (χ0) is 17.8. The number of nitrogens with one attached hydrogen (secondary N) is 1. The molecule has 0 aliphatic rings. The summed E-state index contributed by atoms with van der Waals surface area (Å²) < 4.78 is 5.03. The summed E-state index contributed by atoms with van der Waals surface area (Å²) in [5.74, 6) is -1.25. The number of hydrogen-bond acceptors (Lipinski definition) is 5. The van der Waals surface area contributed by atoms with Crippen LogP contribution in [0.3, 0.4) is 0 Å². The van der Waals surface area contributed by atoms with Crippen molar-refractivity contribution >= 4 is 17.7 Å². The summed E-state index contributed by atoms with van der Waals surface area (Å²) in [5.41, 5.74) is 0.289. The van der Waals surface area contributed by atoms with Crippen molar-refractivity contribution < 1.29 is 24.4 Å². The number of carboxylic acids is 1. The highest BCUT2D eigenvalue weighted by molar-refractivity contribution is 5.80. The van der Waals surface area contributed by atoms with Gasteiger partial charge in [-0.1, -0.05) is 6.07 Å². The summed E-state index contributed by atoms with van der Waals surface area (Å²) in [6.45, 7) is 6.69. The maximum atomic E-state index is 11.7. The summed E-state index contributed by atoms with van der Waals surface area (Å²) >= 11 is 0. The number of benzene rings is 1. The van der Waals surface area contributed by atoms with Crippen molar-refractivity contribution in [3.8, 4) is 0 Å². The summed E-state index contributed by atoms with van der Waals surface area (Å²) in [4.78, 5) is 33.3. The summed E-state index contributed by atoms with van der Waals surface area (Å²) in [5, 5.41) is 22.3. The van der Waals surface area contributed by atoms with E-state index in [1.165, 1.54) is 12.1 Å². The maximum Gasteiger partial charge on any atom is 0.408 e. The molecule has 1 aromatic carbocycles. The molecule has 0 bridgehead atoms. The van der Waals surface area contributed by atoms with Gasteiger partial charge in [0, 0.05) is 18.6 Å². The number of amides is 1. The Morgan fingerprint density at radius 1 is 1.39 bits per heavy atom. The van der Waals surface area contributed by atoms with Crippen LogP contribution < -0.4 is 5.32 Å². The molecule has 126 valence electrons. The van der Waals surface area contributed by atoms with E-state index in [2.05, 4.69) is 5.32 Å². The molecule has 1 rings (SSSR count). The van der Waals surface area contributed by atoms with Crippen LogP contribution in [0.2, 0.25) is 0 Å². The molecule has 8 nitrogen and oxygen atoms in total. The number of non-ortho nitro benzene ring substituents is 1. The number of nitro groups is 1. The molecule has 0 aromatic heterocycles. The predicted molar refractivity (Wildman–Crippen MR) is 82.3 cm³/mol. The number of nitrogens with zero attached hydrogens (tertiary/aromatic N) is 1. The number of nitro benzene ring substituents is 1. The van der Waals surface area contributed by atoms with Gasteiger partial charge in [-0.15, -0.1) is 0 Å². The van der Waals surface area contributed by atoms with Crippen molar-refractivity contribution in [2.45, 2.75) is 45.8 Å². The van der Waals surface area contributed by atoms with Gasteiger partial charge in [0.05, 0.1) is 4.92 Å². The van der Waals surface area contributed by atoms with Crippen molar-refractivity contribution in [3.05, 3.63) is 39.4 Å². The molecule has 0 radical (unpaired) electrons. The molecule has 8 heteroatoms. The van der Waals surface area contributed by atoms with E-state index in [4.69, 9.17) is 4.74 Å². The van der Waals surface area contributed by atoms with Crippen LogP contribution in [0.25, 0.3) is 0 Å². The third-order valence-electron chi connectivity index (χ3n) is 2.96. The van der Waals surface area contributed by atoms with E-state index in [0.717, 1.165) is 0 Å². The van der Waals surface area contributed by atoms with E-state index in [0.29, 0.717) is 11.1 Å². The molecule has 1 unspecified atom stereocenters. The molecule has 1 atom stereocenters. The molecule has 23 heavy (non-hydrogen) atoms. The number of carboxylic acid groups (broad SMARTS) is 1. The second-order valence-corrected chi connectivity index (χ2v) is 6.11. The van der Waals surface area contributed by atoms with Crippen LogP contribution >= 0.6 is 0 Å². The fraction of sp³-hybridized carbons (Fsp3) is 0.467. The van der Waals surface area contributed by atoms with Gasteiger partial charge in [-0.3, -0.25) is 10.1 Å². The zero-order valence-corrected chi connectivity index (χ0v) is 13.5. The first-order chi connectivity index (χ1) is 10.5. The first-order valence-electron chi connectivity index (χ1n) is 6.96. The Kier molecular flexibility index (Phi) is 5.67. The molecule has 0 heterocycles. The average molecular weight is 324 g/mol. The standard InChI is InChI=1S/C15H20N2O6/c1-9-5-6-11(17(21)22)7-10(9)8-12(13(18)19)16-14(20)23-15(2,3)4/h5-7,12H,8H2,1-4H3,(H,16,20)(H,18,19). The van der Waals surface area contributed by atoms with E-state index >= 15 is 0 Å². The SMILES string of the molecule is Cc1ccc([N+](=O)[O-])cc1CC(NC(=O)OC(C)(C)C)C(=O)O. The number of aliphatic carboxylic acids is 1. The summed E-state index contributed by atoms with van der Waals surface area (Å²) in [7, 11) is 0. The maximum absolute atomic E-state index is 11.7. The topological polar surface area (TPSA) is 119 Å². The molecule has 0 saturated heterocycles. The minimum absolute atomic E-state index is 0.0813. The highest BCUT2D eigenvalue weighted by atomic mass is 16.6. The fourth-order valence-corrected chi connectivity index (χ4v) is 1.86. The zero-order valence-electron chi connectivity index (χ0n) is 13.5. The van der Waals surface area contributed by atoms with E-state index in [9.17, 15) is 24.8 Å². The van der Waals surface area contributed by atoms with Crippen LogP contribution in [-0.2, 0) is 16.0 Å². The second kappa shape index (κ2) is 7.08. The van der Waals surface area contributed by atoms with Gasteiger partial charge in [-0.05, 0) is 38.8 Å². The Balaban J connectivity index is 2.92. The fourth-order valence-electron chi connectivity index (χ4n) is 1.86. The van der Waals surface area contributed by atoms with E-state index in [1.54, 1.807) is 33.8 Å². The first-order valence-corrected chi connectivity index (χ1v) is 6.96. The first kappa shape index (κ1) is 18.4. The Bertz CT molecular complexity index is 621.